The highest BCUT2D eigenvalue weighted by molar-refractivity contribution is 5.92. The van der Waals surface area contributed by atoms with E-state index in [1.807, 2.05) is 12.1 Å². The molecule has 0 radical (unpaired) electrons. The van der Waals surface area contributed by atoms with Gasteiger partial charge >= 0.3 is 0 Å². The molecule has 2 aromatic carbocycles. The van der Waals surface area contributed by atoms with E-state index in [1.54, 1.807) is 0 Å². The fourth-order valence-electron chi connectivity index (χ4n) is 2.30. The lowest BCUT2D eigenvalue weighted by atomic mass is 9.99. The van der Waals surface area contributed by atoms with Crippen molar-refractivity contribution in [3.63, 3.8) is 0 Å². The van der Waals surface area contributed by atoms with Crippen molar-refractivity contribution >= 4 is 11.6 Å². The Morgan fingerprint density at radius 3 is 2.46 bits per heavy atom. The Kier molecular flexibility index (Phi) is 7.41. The van der Waals surface area contributed by atoms with Crippen molar-refractivity contribution in [2.75, 3.05) is 18.5 Å². The molecule has 26 heavy (non-hydrogen) atoms. The van der Waals surface area contributed by atoms with Crippen molar-refractivity contribution < 1.29 is 14.2 Å². The summed E-state index contributed by atoms with van der Waals surface area (Å²) < 4.78 is 18.2. The van der Waals surface area contributed by atoms with Crippen LogP contribution in [0.3, 0.4) is 0 Å². The molecule has 6 heteroatoms. The number of aliphatic imine (C=N–C) groups is 1. The normalized spacial score (nSPS) is 13.9. The fourth-order valence-corrected chi connectivity index (χ4v) is 2.30. The van der Waals surface area contributed by atoms with E-state index in [2.05, 4.69) is 36.3 Å². The average Bonchev–Trinajstić information content (AvgIpc) is 2.66. The van der Waals surface area contributed by atoms with Crippen LogP contribution in [0.4, 0.5) is 10.1 Å². The van der Waals surface area contributed by atoms with E-state index in [9.17, 15) is 9.50 Å². The molecule has 2 aromatic rings. The van der Waals surface area contributed by atoms with Crippen LogP contribution in [0.2, 0.25) is 0 Å². The molecule has 0 spiro atoms. The minimum absolute atomic E-state index is 0.0476. The van der Waals surface area contributed by atoms with Crippen LogP contribution in [-0.2, 0) is 0 Å². The zero-order valence-corrected chi connectivity index (χ0v) is 15.2. The van der Waals surface area contributed by atoms with Crippen molar-refractivity contribution in [3.05, 3.63) is 59.9 Å². The summed E-state index contributed by atoms with van der Waals surface area (Å²) in [7, 11) is 0. The van der Waals surface area contributed by atoms with E-state index in [0.717, 1.165) is 12.1 Å². The standard InChI is InChI=1S/C20H26FN3O2/c1-3-14(2)15-4-8-17(9-5-15)24-20(22)23-12-18(25)13-26-19-10-6-16(21)7-11-19/h4-11,14,18,25H,3,12-13H2,1-2H3,(H3,22,23,24). The topological polar surface area (TPSA) is 79.9 Å². The van der Waals surface area contributed by atoms with Gasteiger partial charge < -0.3 is 20.9 Å². The van der Waals surface area contributed by atoms with Crippen molar-refractivity contribution in [3.8, 4) is 5.75 Å². The van der Waals surface area contributed by atoms with Gasteiger partial charge in [0.05, 0.1) is 6.54 Å². The summed E-state index contributed by atoms with van der Waals surface area (Å²) in [6.45, 7) is 4.50. The highest BCUT2D eigenvalue weighted by Gasteiger charge is 2.06. The van der Waals surface area contributed by atoms with E-state index in [0.29, 0.717) is 11.7 Å². The average molecular weight is 359 g/mol. The molecule has 2 atom stereocenters. The van der Waals surface area contributed by atoms with Crippen molar-refractivity contribution in [1.29, 1.82) is 0 Å². The molecular weight excluding hydrogens is 333 g/mol. The Morgan fingerprint density at radius 1 is 1.19 bits per heavy atom. The maximum absolute atomic E-state index is 12.8. The molecule has 0 fully saturated rings. The largest absolute Gasteiger partial charge is 0.491 e. The third-order valence-electron chi connectivity index (χ3n) is 4.09. The third kappa shape index (κ3) is 6.37. The Hall–Kier alpha value is -2.60. The van der Waals surface area contributed by atoms with Crippen LogP contribution < -0.4 is 15.8 Å². The summed E-state index contributed by atoms with van der Waals surface area (Å²) in [5.74, 6) is 0.897. The number of halogens is 1. The number of aliphatic hydroxyl groups excluding tert-OH is 1. The lowest BCUT2D eigenvalue weighted by Gasteiger charge is -2.12. The number of guanidine groups is 1. The molecule has 0 saturated heterocycles. The summed E-state index contributed by atoms with van der Waals surface area (Å²) in [5, 5.41) is 12.9. The summed E-state index contributed by atoms with van der Waals surface area (Å²) in [5.41, 5.74) is 7.97. The Morgan fingerprint density at radius 2 is 1.85 bits per heavy atom. The number of benzene rings is 2. The molecule has 0 bridgehead atoms. The van der Waals surface area contributed by atoms with Gasteiger partial charge in [-0.1, -0.05) is 26.0 Å². The fraction of sp³-hybridized carbons (Fsp3) is 0.350. The minimum atomic E-state index is -0.812. The van der Waals surface area contributed by atoms with E-state index < -0.39 is 6.10 Å². The number of ether oxygens (including phenoxy) is 1. The second-order valence-electron chi connectivity index (χ2n) is 6.20. The molecule has 0 aliphatic carbocycles. The van der Waals surface area contributed by atoms with Crippen LogP contribution in [0, 0.1) is 5.82 Å². The van der Waals surface area contributed by atoms with E-state index in [4.69, 9.17) is 10.5 Å². The first-order chi connectivity index (χ1) is 12.5. The number of hydrogen-bond acceptors (Lipinski definition) is 3. The molecule has 4 N–H and O–H groups in total. The predicted molar refractivity (Wildman–Crippen MR) is 103 cm³/mol. The summed E-state index contributed by atoms with van der Waals surface area (Å²) in [4.78, 5) is 4.11. The molecule has 0 aromatic heterocycles. The summed E-state index contributed by atoms with van der Waals surface area (Å²) in [6, 6.07) is 13.7. The van der Waals surface area contributed by atoms with Gasteiger partial charge in [0.1, 0.15) is 24.3 Å². The number of anilines is 1. The van der Waals surface area contributed by atoms with Gasteiger partial charge in [0, 0.05) is 5.69 Å². The maximum atomic E-state index is 12.8. The van der Waals surface area contributed by atoms with Crippen LogP contribution in [-0.4, -0.2) is 30.3 Å². The smallest absolute Gasteiger partial charge is 0.193 e. The highest BCUT2D eigenvalue weighted by atomic mass is 19.1. The zero-order chi connectivity index (χ0) is 18.9. The molecule has 0 aliphatic rings. The van der Waals surface area contributed by atoms with Crippen molar-refractivity contribution in [2.45, 2.75) is 32.3 Å². The van der Waals surface area contributed by atoms with Crippen LogP contribution in [0.15, 0.2) is 53.5 Å². The van der Waals surface area contributed by atoms with Crippen molar-refractivity contribution in [1.82, 2.24) is 0 Å². The number of hydrogen-bond donors (Lipinski definition) is 3. The number of nitrogens with one attached hydrogen (secondary N) is 1. The Bertz CT molecular complexity index is 702. The zero-order valence-electron chi connectivity index (χ0n) is 15.2. The molecule has 0 aliphatic heterocycles. The Balaban J connectivity index is 1.78. The molecular formula is C20H26FN3O2. The van der Waals surface area contributed by atoms with Gasteiger partial charge in [-0.2, -0.15) is 0 Å². The van der Waals surface area contributed by atoms with Crippen LogP contribution in [0.5, 0.6) is 5.75 Å². The van der Waals surface area contributed by atoms with Gasteiger partial charge in [-0.25, -0.2) is 4.39 Å². The lowest BCUT2D eigenvalue weighted by molar-refractivity contribution is 0.114. The number of aliphatic hydroxyl groups is 1. The first kappa shape index (κ1) is 19.7. The highest BCUT2D eigenvalue weighted by Crippen LogP contribution is 2.20. The van der Waals surface area contributed by atoms with E-state index in [-0.39, 0.29) is 24.9 Å². The predicted octanol–water partition coefficient (Wildman–Crippen LogP) is 3.51. The summed E-state index contributed by atoms with van der Waals surface area (Å²) >= 11 is 0. The van der Waals surface area contributed by atoms with Crippen molar-refractivity contribution in [2.24, 2.45) is 10.7 Å². The molecule has 0 amide bonds. The number of nitrogens with zero attached hydrogens (tertiary/aromatic N) is 1. The summed E-state index contributed by atoms with van der Waals surface area (Å²) in [6.07, 6.45) is 0.280. The first-order valence-electron chi connectivity index (χ1n) is 8.71. The second-order valence-corrected chi connectivity index (χ2v) is 6.20. The SMILES string of the molecule is CCC(C)c1ccc(NC(N)=NCC(O)COc2ccc(F)cc2)cc1. The molecule has 2 unspecified atom stereocenters. The van der Waals surface area contributed by atoms with Crippen LogP contribution >= 0.6 is 0 Å². The van der Waals surface area contributed by atoms with Gasteiger partial charge in [0.2, 0.25) is 0 Å². The Labute approximate surface area is 153 Å². The second kappa shape index (κ2) is 9.77. The van der Waals surface area contributed by atoms with Crippen LogP contribution in [0.1, 0.15) is 31.7 Å². The number of nitrogens with two attached hydrogens (primary N) is 1. The van der Waals surface area contributed by atoms with Crippen LogP contribution in [0.25, 0.3) is 0 Å². The molecule has 0 saturated carbocycles. The van der Waals surface area contributed by atoms with Gasteiger partial charge in [-0.15, -0.1) is 0 Å². The molecule has 140 valence electrons. The van der Waals surface area contributed by atoms with Gasteiger partial charge in [-0.3, -0.25) is 4.99 Å². The minimum Gasteiger partial charge on any atom is -0.491 e. The molecule has 2 rings (SSSR count). The van der Waals surface area contributed by atoms with E-state index >= 15 is 0 Å². The molecule has 0 heterocycles. The van der Waals surface area contributed by atoms with Gasteiger partial charge in [-0.05, 0) is 54.3 Å². The first-order valence-corrected chi connectivity index (χ1v) is 8.71. The lowest BCUT2D eigenvalue weighted by Crippen LogP contribution is -2.27. The number of rotatable bonds is 8. The van der Waals surface area contributed by atoms with E-state index in [1.165, 1.54) is 29.8 Å². The maximum Gasteiger partial charge on any atom is 0.193 e. The van der Waals surface area contributed by atoms with Gasteiger partial charge in [0.15, 0.2) is 5.96 Å². The van der Waals surface area contributed by atoms with Gasteiger partial charge in [0.25, 0.3) is 0 Å². The monoisotopic (exact) mass is 359 g/mol. The quantitative estimate of drug-likeness (QED) is 0.498. The molecule has 5 nitrogen and oxygen atoms in total. The third-order valence-corrected chi connectivity index (χ3v) is 4.09.